The van der Waals surface area contributed by atoms with E-state index in [9.17, 15) is 22.0 Å². The summed E-state index contributed by atoms with van der Waals surface area (Å²) < 4.78 is 61.2. The molecule has 0 aliphatic carbocycles. The van der Waals surface area contributed by atoms with E-state index in [4.69, 9.17) is 9.47 Å². The summed E-state index contributed by atoms with van der Waals surface area (Å²) in [6, 6.07) is 8.61. The van der Waals surface area contributed by atoms with E-state index in [1.165, 1.54) is 0 Å². The molecule has 1 aliphatic heterocycles. The first-order valence-corrected chi connectivity index (χ1v) is 8.50. The van der Waals surface area contributed by atoms with Gasteiger partial charge < -0.3 is 9.47 Å². The Balaban J connectivity index is 1.66. The number of hydrogen-bond donors (Lipinski definition) is 2. The second-order valence-electron chi connectivity index (χ2n) is 5.03. The molecule has 7 nitrogen and oxygen atoms in total. The number of benzene rings is 2. The lowest BCUT2D eigenvalue weighted by Gasteiger charge is -2.25. The summed E-state index contributed by atoms with van der Waals surface area (Å²) in [6.07, 6.45) is -1.10. The van der Waals surface area contributed by atoms with Crippen LogP contribution in [0.4, 0.5) is 8.78 Å². The molecule has 0 unspecified atom stereocenters. The maximum Gasteiger partial charge on any atom is 0.279 e. The third-order valence-electron chi connectivity index (χ3n) is 3.29. The van der Waals surface area contributed by atoms with Gasteiger partial charge in [0.2, 0.25) is 6.10 Å². The van der Waals surface area contributed by atoms with Gasteiger partial charge in [-0.15, -0.1) is 4.83 Å². The maximum absolute atomic E-state index is 13.6. The molecule has 1 heterocycles. The van der Waals surface area contributed by atoms with Crippen LogP contribution in [0.3, 0.4) is 0 Å². The van der Waals surface area contributed by atoms with Crippen LogP contribution in [0.25, 0.3) is 0 Å². The SMILES string of the molecule is O=C(NNS(=O)(=O)c1ccc(F)cc1F)[C@H]1COc2ccccc2O1. The molecule has 0 saturated carbocycles. The highest BCUT2D eigenvalue weighted by atomic mass is 32.2. The van der Waals surface area contributed by atoms with Gasteiger partial charge in [0.15, 0.2) is 11.5 Å². The first-order chi connectivity index (χ1) is 11.9. The Hall–Kier alpha value is -2.72. The van der Waals surface area contributed by atoms with Crippen molar-refractivity contribution in [1.82, 2.24) is 10.3 Å². The summed E-state index contributed by atoms with van der Waals surface area (Å²) in [7, 11) is -4.42. The van der Waals surface area contributed by atoms with Gasteiger partial charge >= 0.3 is 0 Å². The topological polar surface area (TPSA) is 93.7 Å². The number of hydrazine groups is 1. The average molecular weight is 370 g/mol. The third kappa shape index (κ3) is 3.69. The fourth-order valence-corrected chi connectivity index (χ4v) is 3.00. The van der Waals surface area contributed by atoms with Gasteiger partial charge in [-0.2, -0.15) is 0 Å². The van der Waals surface area contributed by atoms with Crippen LogP contribution in [-0.4, -0.2) is 27.0 Å². The molecule has 2 aromatic carbocycles. The van der Waals surface area contributed by atoms with Crippen LogP contribution in [0.5, 0.6) is 11.5 Å². The summed E-state index contributed by atoms with van der Waals surface area (Å²) >= 11 is 0. The lowest BCUT2D eigenvalue weighted by molar-refractivity contribution is -0.130. The van der Waals surface area contributed by atoms with Gasteiger partial charge in [-0.05, 0) is 24.3 Å². The molecule has 0 saturated heterocycles. The van der Waals surface area contributed by atoms with Crippen molar-refractivity contribution in [3.8, 4) is 11.5 Å². The number of carbonyl (C=O) groups excluding carboxylic acids is 1. The molecule has 0 spiro atoms. The number of hydrogen-bond acceptors (Lipinski definition) is 5. The zero-order chi connectivity index (χ0) is 18.0. The van der Waals surface area contributed by atoms with Crippen LogP contribution in [0.2, 0.25) is 0 Å². The van der Waals surface area contributed by atoms with E-state index in [0.717, 1.165) is 12.1 Å². The number of nitrogens with one attached hydrogen (secondary N) is 2. The summed E-state index contributed by atoms with van der Waals surface area (Å²) in [5.74, 6) is -2.25. The molecule has 0 radical (unpaired) electrons. The van der Waals surface area contributed by atoms with Crippen LogP contribution in [-0.2, 0) is 14.8 Å². The summed E-state index contributed by atoms with van der Waals surface area (Å²) in [6.45, 7) is -0.129. The summed E-state index contributed by atoms with van der Waals surface area (Å²) in [5, 5.41) is 0. The minimum atomic E-state index is -4.42. The second-order valence-corrected chi connectivity index (χ2v) is 6.68. The highest BCUT2D eigenvalue weighted by Crippen LogP contribution is 2.30. The smallest absolute Gasteiger partial charge is 0.279 e. The van der Waals surface area contributed by atoms with Gasteiger partial charge in [-0.1, -0.05) is 12.1 Å². The van der Waals surface area contributed by atoms with E-state index in [0.29, 0.717) is 17.6 Å². The quantitative estimate of drug-likeness (QED) is 0.787. The van der Waals surface area contributed by atoms with Crippen molar-refractivity contribution in [2.24, 2.45) is 0 Å². The number of para-hydroxylation sites is 2. The molecule has 10 heteroatoms. The molecule has 25 heavy (non-hydrogen) atoms. The molecular formula is C15H12F2N2O5S. The highest BCUT2D eigenvalue weighted by Gasteiger charge is 2.29. The Morgan fingerprint density at radius 2 is 1.84 bits per heavy atom. The van der Waals surface area contributed by atoms with Gasteiger partial charge in [0.25, 0.3) is 15.9 Å². The number of ether oxygens (including phenoxy) is 2. The monoisotopic (exact) mass is 370 g/mol. The minimum Gasteiger partial charge on any atom is -0.485 e. The fourth-order valence-electron chi connectivity index (χ4n) is 2.09. The van der Waals surface area contributed by atoms with E-state index in [-0.39, 0.29) is 6.61 Å². The molecule has 1 atom stereocenters. The molecular weight excluding hydrogens is 358 g/mol. The third-order valence-corrected chi connectivity index (χ3v) is 4.57. The Kier molecular flexibility index (Phi) is 4.55. The second kappa shape index (κ2) is 6.65. The van der Waals surface area contributed by atoms with Crippen molar-refractivity contribution >= 4 is 15.9 Å². The molecule has 0 bridgehead atoms. The molecule has 2 N–H and O–H groups in total. The fraction of sp³-hybridized carbons (Fsp3) is 0.133. The number of halogens is 2. The van der Waals surface area contributed by atoms with Crippen molar-refractivity contribution in [2.45, 2.75) is 11.0 Å². The molecule has 3 rings (SSSR count). The van der Waals surface area contributed by atoms with Gasteiger partial charge in [-0.25, -0.2) is 17.2 Å². The van der Waals surface area contributed by atoms with Crippen molar-refractivity contribution < 1.29 is 31.5 Å². The minimum absolute atomic E-state index is 0.129. The van der Waals surface area contributed by atoms with Crippen LogP contribution >= 0.6 is 0 Å². The average Bonchev–Trinajstić information content (AvgIpc) is 2.59. The van der Waals surface area contributed by atoms with Crippen LogP contribution < -0.4 is 19.7 Å². The number of amides is 1. The van der Waals surface area contributed by atoms with Gasteiger partial charge in [0, 0.05) is 6.07 Å². The number of carbonyl (C=O) groups is 1. The van der Waals surface area contributed by atoms with E-state index in [1.54, 1.807) is 29.1 Å². The number of fused-ring (bicyclic) bond motifs is 1. The number of rotatable bonds is 4. The first kappa shape index (κ1) is 17.1. The normalized spacial score (nSPS) is 16.3. The summed E-state index contributed by atoms with van der Waals surface area (Å²) in [5.41, 5.74) is 1.92. The van der Waals surface area contributed by atoms with E-state index in [1.807, 2.05) is 5.43 Å². The van der Waals surface area contributed by atoms with E-state index in [2.05, 4.69) is 0 Å². The van der Waals surface area contributed by atoms with Gasteiger partial charge in [0.05, 0.1) is 0 Å². The Bertz CT molecular complexity index is 920. The molecule has 2 aromatic rings. The van der Waals surface area contributed by atoms with Crippen LogP contribution in [0, 0.1) is 11.6 Å². The van der Waals surface area contributed by atoms with E-state index >= 15 is 0 Å². The highest BCUT2D eigenvalue weighted by molar-refractivity contribution is 7.89. The Morgan fingerprint density at radius 3 is 2.56 bits per heavy atom. The number of sulfonamides is 1. The lowest BCUT2D eigenvalue weighted by Crippen LogP contribution is -2.50. The van der Waals surface area contributed by atoms with Crippen LogP contribution in [0.1, 0.15) is 0 Å². The molecule has 132 valence electrons. The Morgan fingerprint density at radius 1 is 1.12 bits per heavy atom. The first-order valence-electron chi connectivity index (χ1n) is 7.02. The van der Waals surface area contributed by atoms with E-state index < -0.39 is 38.6 Å². The lowest BCUT2D eigenvalue weighted by atomic mass is 10.2. The molecule has 1 amide bonds. The van der Waals surface area contributed by atoms with Crippen molar-refractivity contribution in [3.05, 3.63) is 54.1 Å². The van der Waals surface area contributed by atoms with Crippen molar-refractivity contribution in [1.29, 1.82) is 0 Å². The Labute approximate surface area is 141 Å². The van der Waals surface area contributed by atoms with Crippen molar-refractivity contribution in [3.63, 3.8) is 0 Å². The predicted molar refractivity (Wildman–Crippen MR) is 81.2 cm³/mol. The predicted octanol–water partition coefficient (Wildman–Crippen LogP) is 1.11. The molecule has 0 aromatic heterocycles. The largest absolute Gasteiger partial charge is 0.485 e. The standard InChI is InChI=1S/C15H12F2N2O5S/c16-9-5-6-14(10(17)7-9)25(21,22)19-18-15(20)13-8-23-11-3-1-2-4-12(11)24-13/h1-7,13,19H,8H2,(H,18,20)/t13-/m1/s1. The zero-order valence-corrected chi connectivity index (χ0v) is 13.3. The van der Waals surface area contributed by atoms with Crippen molar-refractivity contribution in [2.75, 3.05) is 6.61 Å². The maximum atomic E-state index is 13.6. The molecule has 1 aliphatic rings. The van der Waals surface area contributed by atoms with Gasteiger partial charge in [0.1, 0.15) is 23.1 Å². The zero-order valence-electron chi connectivity index (χ0n) is 12.5. The van der Waals surface area contributed by atoms with Gasteiger partial charge in [-0.3, -0.25) is 10.2 Å². The van der Waals surface area contributed by atoms with Crippen LogP contribution in [0.15, 0.2) is 47.4 Å². The molecule has 0 fully saturated rings. The summed E-state index contributed by atoms with van der Waals surface area (Å²) in [4.78, 5) is 13.0.